The van der Waals surface area contributed by atoms with E-state index in [0.717, 1.165) is 22.4 Å². The molecule has 0 aromatic carbocycles. The Morgan fingerprint density at radius 3 is 2.56 bits per heavy atom. The Labute approximate surface area is 111 Å². The molecule has 1 aromatic heterocycles. The highest BCUT2D eigenvalue weighted by atomic mass is 79.9. The molecule has 0 aliphatic carbocycles. The highest BCUT2D eigenvalue weighted by Crippen LogP contribution is 2.25. The first-order valence-electron chi connectivity index (χ1n) is 5.25. The number of nitrogens with zero attached hydrogens (tertiary/aromatic N) is 2. The summed E-state index contributed by atoms with van der Waals surface area (Å²) in [5, 5.41) is 0. The van der Waals surface area contributed by atoms with E-state index in [1.165, 1.54) is 0 Å². The third-order valence-electron chi connectivity index (χ3n) is 2.13. The number of hydrogen-bond acceptors (Lipinski definition) is 2. The van der Waals surface area contributed by atoms with Gasteiger partial charge >= 0.3 is 0 Å². The molecule has 0 radical (unpaired) electrons. The van der Waals surface area contributed by atoms with Crippen molar-refractivity contribution >= 4 is 33.3 Å². The molecule has 0 unspecified atom stereocenters. The minimum atomic E-state index is 0.243. The summed E-state index contributed by atoms with van der Waals surface area (Å²) in [6.45, 7) is 7.58. The van der Waals surface area contributed by atoms with Gasteiger partial charge in [0.05, 0.1) is 5.88 Å². The summed E-state index contributed by atoms with van der Waals surface area (Å²) in [7, 11) is 2.05. The Hall–Kier alpha value is -0.280. The van der Waals surface area contributed by atoms with E-state index in [-0.39, 0.29) is 5.41 Å². The van der Waals surface area contributed by atoms with Crippen molar-refractivity contribution in [2.45, 2.75) is 26.7 Å². The van der Waals surface area contributed by atoms with Crippen molar-refractivity contribution in [3.05, 3.63) is 22.3 Å². The number of hydrogen-bond donors (Lipinski definition) is 0. The molecule has 0 bridgehead atoms. The molecule has 1 heterocycles. The van der Waals surface area contributed by atoms with Crippen LogP contribution in [-0.4, -0.2) is 18.6 Å². The lowest BCUT2D eigenvalue weighted by atomic mass is 9.96. The third-order valence-corrected chi connectivity index (χ3v) is 2.85. The van der Waals surface area contributed by atoms with Crippen molar-refractivity contribution in [2.75, 3.05) is 18.5 Å². The van der Waals surface area contributed by atoms with Gasteiger partial charge in [-0.25, -0.2) is 4.98 Å². The number of pyridine rings is 1. The molecule has 0 N–H and O–H groups in total. The Bertz CT molecular complexity index is 361. The molecule has 0 fully saturated rings. The minimum Gasteiger partial charge on any atom is -0.359 e. The van der Waals surface area contributed by atoms with E-state index in [2.05, 4.69) is 53.6 Å². The van der Waals surface area contributed by atoms with Gasteiger partial charge in [-0.05, 0) is 27.4 Å². The molecule has 16 heavy (non-hydrogen) atoms. The molecule has 0 saturated heterocycles. The van der Waals surface area contributed by atoms with Crippen LogP contribution in [0.25, 0.3) is 0 Å². The van der Waals surface area contributed by atoms with Crippen LogP contribution in [0.5, 0.6) is 0 Å². The summed E-state index contributed by atoms with van der Waals surface area (Å²) < 4.78 is 0.969. The van der Waals surface area contributed by atoms with Gasteiger partial charge in [0.1, 0.15) is 5.82 Å². The molecule has 2 nitrogen and oxygen atoms in total. The smallest absolute Gasteiger partial charge is 0.132 e. The molecule has 0 spiro atoms. The van der Waals surface area contributed by atoms with Crippen molar-refractivity contribution in [1.82, 2.24) is 4.98 Å². The average Bonchev–Trinajstić information content (AvgIpc) is 2.14. The molecule has 0 aliphatic rings. The van der Waals surface area contributed by atoms with Crippen LogP contribution in [0.4, 0.5) is 5.82 Å². The molecule has 90 valence electrons. The van der Waals surface area contributed by atoms with E-state index >= 15 is 0 Å². The predicted molar refractivity (Wildman–Crippen MR) is 74.2 cm³/mol. The lowest BCUT2D eigenvalue weighted by molar-refractivity contribution is 0.417. The standard InChI is InChI=1S/C12H18BrClN2/c1-12(2,3)8-16(4)11-9(6-14)5-10(13)7-15-11/h5,7H,6,8H2,1-4H3. The maximum absolute atomic E-state index is 5.93. The van der Waals surface area contributed by atoms with Crippen LogP contribution < -0.4 is 4.90 Å². The van der Waals surface area contributed by atoms with Crippen molar-refractivity contribution < 1.29 is 0 Å². The number of alkyl halides is 1. The first kappa shape index (κ1) is 13.8. The monoisotopic (exact) mass is 304 g/mol. The number of halogens is 2. The average molecular weight is 306 g/mol. The summed E-state index contributed by atoms with van der Waals surface area (Å²) in [6.07, 6.45) is 1.81. The van der Waals surface area contributed by atoms with Gasteiger partial charge < -0.3 is 4.90 Å². The quantitative estimate of drug-likeness (QED) is 0.783. The second-order valence-electron chi connectivity index (χ2n) is 5.19. The zero-order valence-corrected chi connectivity index (χ0v) is 12.6. The fourth-order valence-electron chi connectivity index (χ4n) is 1.70. The van der Waals surface area contributed by atoms with Gasteiger partial charge in [-0.3, -0.25) is 0 Å². The Morgan fingerprint density at radius 2 is 2.06 bits per heavy atom. The van der Waals surface area contributed by atoms with E-state index in [4.69, 9.17) is 11.6 Å². The zero-order chi connectivity index (χ0) is 12.3. The highest BCUT2D eigenvalue weighted by Gasteiger charge is 2.16. The van der Waals surface area contributed by atoms with Gasteiger partial charge in [-0.2, -0.15) is 0 Å². The molecular weight excluding hydrogens is 288 g/mol. The highest BCUT2D eigenvalue weighted by molar-refractivity contribution is 9.10. The fraction of sp³-hybridized carbons (Fsp3) is 0.583. The summed E-state index contributed by atoms with van der Waals surface area (Å²) in [5.41, 5.74) is 1.30. The van der Waals surface area contributed by atoms with Crippen molar-refractivity contribution in [3.8, 4) is 0 Å². The molecule has 0 atom stereocenters. The minimum absolute atomic E-state index is 0.243. The summed E-state index contributed by atoms with van der Waals surface area (Å²) in [4.78, 5) is 6.58. The molecule has 0 saturated carbocycles. The van der Waals surface area contributed by atoms with Crippen LogP contribution in [0.2, 0.25) is 0 Å². The van der Waals surface area contributed by atoms with Crippen molar-refractivity contribution in [2.24, 2.45) is 5.41 Å². The van der Waals surface area contributed by atoms with E-state index in [9.17, 15) is 0 Å². The molecular formula is C12H18BrClN2. The van der Waals surface area contributed by atoms with Gasteiger partial charge in [-0.15, -0.1) is 11.6 Å². The Morgan fingerprint density at radius 1 is 1.44 bits per heavy atom. The van der Waals surface area contributed by atoms with E-state index in [0.29, 0.717) is 5.88 Å². The van der Waals surface area contributed by atoms with Gasteiger partial charge in [0.25, 0.3) is 0 Å². The maximum Gasteiger partial charge on any atom is 0.132 e. The summed E-state index contributed by atoms with van der Waals surface area (Å²) in [6, 6.07) is 2.02. The lowest BCUT2D eigenvalue weighted by Crippen LogP contribution is -2.30. The zero-order valence-electron chi connectivity index (χ0n) is 10.2. The van der Waals surface area contributed by atoms with Gasteiger partial charge in [0, 0.05) is 29.8 Å². The summed E-state index contributed by atoms with van der Waals surface area (Å²) >= 11 is 9.34. The first-order valence-corrected chi connectivity index (χ1v) is 6.58. The Kier molecular flexibility index (Phi) is 4.62. The maximum atomic E-state index is 5.93. The van der Waals surface area contributed by atoms with Crippen LogP contribution in [0.3, 0.4) is 0 Å². The topological polar surface area (TPSA) is 16.1 Å². The van der Waals surface area contributed by atoms with Crippen LogP contribution in [0, 0.1) is 5.41 Å². The van der Waals surface area contributed by atoms with Crippen molar-refractivity contribution in [3.63, 3.8) is 0 Å². The second-order valence-corrected chi connectivity index (χ2v) is 6.37. The molecule has 0 aliphatic heterocycles. The van der Waals surface area contributed by atoms with Gasteiger partial charge in [0.2, 0.25) is 0 Å². The van der Waals surface area contributed by atoms with Gasteiger partial charge in [0.15, 0.2) is 0 Å². The van der Waals surface area contributed by atoms with E-state index < -0.39 is 0 Å². The van der Waals surface area contributed by atoms with Gasteiger partial charge in [-0.1, -0.05) is 20.8 Å². The van der Waals surface area contributed by atoms with E-state index in [1.54, 1.807) is 0 Å². The van der Waals surface area contributed by atoms with Crippen molar-refractivity contribution in [1.29, 1.82) is 0 Å². The van der Waals surface area contributed by atoms with E-state index in [1.807, 2.05) is 12.3 Å². The SMILES string of the molecule is CN(CC(C)(C)C)c1ncc(Br)cc1CCl. The largest absolute Gasteiger partial charge is 0.359 e. The number of aromatic nitrogens is 1. The number of rotatable bonds is 3. The van der Waals surface area contributed by atoms with Crippen LogP contribution in [0.1, 0.15) is 26.3 Å². The van der Waals surface area contributed by atoms with Crippen LogP contribution >= 0.6 is 27.5 Å². The molecule has 4 heteroatoms. The fourth-order valence-corrected chi connectivity index (χ4v) is 2.28. The molecule has 0 amide bonds. The Balaban J connectivity index is 2.94. The normalized spacial score (nSPS) is 11.6. The molecule has 1 rings (SSSR count). The van der Waals surface area contributed by atoms with Crippen LogP contribution in [-0.2, 0) is 5.88 Å². The predicted octanol–water partition coefficient (Wildman–Crippen LogP) is 4.07. The third kappa shape index (κ3) is 3.95. The molecule has 1 aromatic rings. The lowest BCUT2D eigenvalue weighted by Gasteiger charge is -2.28. The number of anilines is 1. The second kappa shape index (κ2) is 5.37. The van der Waals surface area contributed by atoms with Crippen LogP contribution in [0.15, 0.2) is 16.7 Å². The summed E-state index contributed by atoms with van der Waals surface area (Å²) in [5.74, 6) is 1.45. The first-order chi connectivity index (χ1) is 7.33.